The highest BCUT2D eigenvalue weighted by Crippen LogP contribution is 2.36. The molecule has 16 rings (SSSR count). The van der Waals surface area contributed by atoms with Gasteiger partial charge in [-0.15, -0.1) is 26.3 Å². The van der Waals surface area contributed by atoms with Crippen LogP contribution in [0, 0.1) is 90.6 Å². The molecule has 0 saturated carbocycles. The lowest BCUT2D eigenvalue weighted by molar-refractivity contribution is 0.0979. The van der Waals surface area contributed by atoms with Gasteiger partial charge in [0, 0.05) is 97.8 Å². The number of hydrogen-bond acceptors (Lipinski definition) is 19. The van der Waals surface area contributed by atoms with Gasteiger partial charge in [0.15, 0.2) is 34.7 Å². The summed E-state index contributed by atoms with van der Waals surface area (Å²) in [5.41, 5.74) is 21.5. The van der Waals surface area contributed by atoms with Gasteiger partial charge in [-0.3, -0.25) is 28.8 Å². The molecule has 2 N–H and O–H groups in total. The van der Waals surface area contributed by atoms with Crippen LogP contribution in [0.15, 0.2) is 279 Å². The number of hydrogen-bond donors (Lipinski definition) is 1. The first kappa shape index (κ1) is 91.3. The summed E-state index contributed by atoms with van der Waals surface area (Å²) in [5, 5.41) is 83.5. The largest absolute Gasteiger partial charge is 0.410 e. The molecule has 1 saturated heterocycles. The van der Waals surface area contributed by atoms with E-state index in [1.807, 2.05) is 129 Å². The molecule has 126 heavy (non-hydrogen) atoms. The van der Waals surface area contributed by atoms with E-state index in [0.717, 1.165) is 27.6 Å². The fraction of sp³-hybridized carbons (Fsp3) is 0.0784. The number of rotatable bonds is 8. The average Bonchev–Trinajstić information content (AvgIpc) is 0.740. The molecular weight excluding hydrogens is 1700 g/mol. The van der Waals surface area contributed by atoms with Crippen molar-refractivity contribution in [3.8, 4) is 48.6 Å². The molecule has 612 valence electrons. The summed E-state index contributed by atoms with van der Waals surface area (Å²) in [6.07, 6.45) is 4.27. The fourth-order valence-corrected chi connectivity index (χ4v) is 33.2. The second-order valence-corrected chi connectivity index (χ2v) is 43.5. The molecule has 1 heterocycles. The van der Waals surface area contributed by atoms with E-state index in [1.165, 1.54) is 0 Å². The molecule has 1 aliphatic heterocycles. The van der Waals surface area contributed by atoms with Crippen molar-refractivity contribution in [1.29, 1.82) is 42.1 Å². The summed E-state index contributed by atoms with van der Waals surface area (Å²) in [7, 11) is -10.4. The van der Waals surface area contributed by atoms with Crippen LogP contribution in [0.1, 0.15) is 138 Å². The minimum Gasteiger partial charge on any atom is -0.410 e. The number of anilines is 1. The van der Waals surface area contributed by atoms with Crippen LogP contribution in [0.3, 0.4) is 0 Å². The predicted octanol–water partition coefficient (Wildman–Crippen LogP) is 18.6. The van der Waals surface area contributed by atoms with Gasteiger partial charge in [-0.1, -0.05) is 236 Å². The number of nitriles is 8. The van der Waals surface area contributed by atoms with Gasteiger partial charge < -0.3 is 22.2 Å². The van der Waals surface area contributed by atoms with E-state index in [2.05, 4.69) is 69.3 Å². The van der Waals surface area contributed by atoms with Crippen LogP contribution in [0.2, 0.25) is 26.2 Å². The molecule has 12 aromatic carbocycles. The third-order valence-corrected chi connectivity index (χ3v) is 38.0. The zero-order chi connectivity index (χ0) is 91.3. The van der Waals surface area contributed by atoms with Crippen LogP contribution in [0.4, 0.5) is 5.69 Å². The highest BCUT2D eigenvalue weighted by atomic mass is 79.9. The van der Waals surface area contributed by atoms with E-state index in [4.69, 9.17) is 22.2 Å². The third kappa shape index (κ3) is 18.2. The van der Waals surface area contributed by atoms with Crippen molar-refractivity contribution in [2.45, 2.75) is 52.4 Å². The van der Waals surface area contributed by atoms with Gasteiger partial charge in [0.05, 0.1) is 0 Å². The van der Waals surface area contributed by atoms with Crippen molar-refractivity contribution in [2.75, 3.05) is 5.73 Å². The van der Waals surface area contributed by atoms with Crippen LogP contribution in [-0.2, 0) is 16.5 Å². The topological polar surface area (TPSA) is 356 Å². The van der Waals surface area contributed by atoms with E-state index in [1.54, 1.807) is 193 Å². The van der Waals surface area contributed by atoms with Crippen LogP contribution < -0.4 is 26.6 Å². The third-order valence-electron chi connectivity index (χ3n) is 21.5. The molecule has 12 aromatic rings. The molecule has 1 atom stereocenters. The molecule has 1 unspecified atom stereocenters. The first-order chi connectivity index (χ1) is 60.5. The van der Waals surface area contributed by atoms with Crippen molar-refractivity contribution in [3.05, 3.63) is 383 Å². The smallest absolute Gasteiger partial charge is 0.344 e. The lowest BCUT2D eigenvalue weighted by Crippen LogP contribution is -2.65. The number of benzene rings is 12. The zero-order valence-electron chi connectivity index (χ0n) is 69.3. The maximum atomic E-state index is 12.3. The van der Waals surface area contributed by atoms with E-state index in [-0.39, 0.29) is 57.0 Å². The van der Waals surface area contributed by atoms with Crippen molar-refractivity contribution in [3.63, 3.8) is 0 Å². The normalized spacial score (nSPS) is 17.1. The molecule has 24 heteroatoms. The Bertz CT molecular complexity index is 7180. The van der Waals surface area contributed by atoms with Crippen LogP contribution >= 0.6 is 15.9 Å². The second-order valence-electron chi connectivity index (χ2n) is 29.5. The lowest BCUT2D eigenvalue weighted by Gasteiger charge is -2.46. The molecule has 0 spiro atoms. The van der Waals surface area contributed by atoms with Crippen molar-refractivity contribution >= 4 is 168 Å². The molecule has 0 radical (unpaired) electrons. The maximum Gasteiger partial charge on any atom is 0.344 e. The predicted molar refractivity (Wildman–Crippen MR) is 502 cm³/mol. The monoisotopic (exact) mass is 1780 g/mol. The van der Waals surface area contributed by atoms with Gasteiger partial charge in [0.25, 0.3) is 0 Å². The molecule has 1 fully saturated rings. The Labute approximate surface area is 740 Å². The van der Waals surface area contributed by atoms with Crippen molar-refractivity contribution < 1.29 is 45.2 Å². The maximum absolute atomic E-state index is 12.3. The summed E-state index contributed by atoms with van der Waals surface area (Å²) >= 11 is 3.31. The SMILES string of the molecule is C=C[Si]1(C)O[Si](C)(C=C)O[Si](C)(C=C)O[Si](C)(C=C)O1.C=Cc1ccc2c(=C(C#N)C#N)c3ccccc3c(=C(C#N)C#N)c2c1.C=Cc1ccc2c(c1)C(=O)c1ccccc1C2=O.CCC(C)c1ccc2c(=C(C#N)C#N)c3ccccc3c(=C(C#N)C#N)c2c1.Nc1ccc2c(c1)C(=O)c1ccccc1C2=O.O=C1c2ccccc2C(=O)c2cc(Br)ccc21. The van der Waals surface area contributed by atoms with E-state index in [9.17, 15) is 70.9 Å². The quantitative estimate of drug-likeness (QED) is 0.0838. The molecule has 19 nitrogen and oxygen atoms in total. The average molecular weight is 1780 g/mol. The fourth-order valence-electron chi connectivity index (χ4n) is 15.1. The molecule has 0 aromatic heterocycles. The van der Waals surface area contributed by atoms with Gasteiger partial charge in [-0.25, -0.2) is 0 Å². The summed E-state index contributed by atoms with van der Waals surface area (Å²) in [6, 6.07) is 77.5. The lowest BCUT2D eigenvalue weighted by atomic mass is 9.83. The molecule has 4 aliphatic rings. The number of nitrogen functional groups attached to an aromatic ring is 1. The van der Waals surface area contributed by atoms with Gasteiger partial charge in [0.2, 0.25) is 0 Å². The Kier molecular flexibility index (Phi) is 28.0. The number of carbonyl (C=O) groups excluding carboxylic acids is 6. The summed E-state index contributed by atoms with van der Waals surface area (Å²) in [4.78, 5) is 73.4. The molecule has 0 amide bonds. The molecule has 3 aliphatic carbocycles. The second kappa shape index (κ2) is 38.7. The number of nitrogens with zero attached hydrogens (tertiary/aromatic N) is 8. The number of halogens is 1. The first-order valence-corrected chi connectivity index (χ1v) is 49.5. The van der Waals surface area contributed by atoms with Gasteiger partial charge in [-0.05, 0) is 153 Å². The zero-order valence-corrected chi connectivity index (χ0v) is 74.9. The van der Waals surface area contributed by atoms with Crippen LogP contribution in [0.25, 0.3) is 77.5 Å². The van der Waals surface area contributed by atoms with Gasteiger partial charge >= 0.3 is 34.2 Å². The summed E-state index contributed by atoms with van der Waals surface area (Å²) in [5.74, 6) is -0.299. The van der Waals surface area contributed by atoms with Crippen molar-refractivity contribution in [1.82, 2.24) is 0 Å². The van der Waals surface area contributed by atoms with Gasteiger partial charge in [0.1, 0.15) is 70.8 Å². The standard InChI is InChI=1S/C24H16N4.C22H10N4.C16H10O2.C14H7BrO2.C14H9NO2.C12H24O4Si4/c1-3-15(2)16-8-9-21-22(10-16)24(18(13-27)14-28)20-7-5-4-6-19(20)23(21)17(11-25)12-26;1-2-14-7-8-19-20(9-14)22(16(12-25)13-26)18-6-4-3-5-17(18)21(19)15(10-23)11-24;1-2-10-7-8-13-14(9-10)16(18)12-6-4-3-5-11(12)15(13)17;2*15-8-5-6-11-12(7-8)14(17)10-4-2-1-3-9(10)13(11)16;1-9-17(5)13-18(6,10-2)15-20(8,12-4)16-19(7,11-3)14-17/h4-10,15H,3H2,1-2H3;2-9H,1H2;2-9H,1H2;1-7H;1-7H,15H2;9-12H,1-4H2,5-8H3. The number of fused-ring (bicyclic) bond motifs is 10. The number of carbonyl (C=O) groups is 6. The van der Waals surface area contributed by atoms with E-state index >= 15 is 0 Å². The minimum absolute atomic E-state index is 0.0134. The van der Waals surface area contributed by atoms with Crippen LogP contribution in [-0.4, -0.2) is 68.9 Å². The summed E-state index contributed by atoms with van der Waals surface area (Å²) < 4.78 is 25.8. The summed E-state index contributed by atoms with van der Waals surface area (Å²) in [6.45, 7) is 34.8. The Morgan fingerprint density at radius 1 is 0.333 bits per heavy atom. The van der Waals surface area contributed by atoms with Gasteiger partial charge in [-0.2, -0.15) is 42.1 Å². The molecular formula is C102H76BrN9O10Si4. The Balaban J connectivity index is 0.000000148. The number of ketones is 6. The first-order valence-electron chi connectivity index (χ1n) is 39.1. The van der Waals surface area contributed by atoms with Crippen molar-refractivity contribution in [2.24, 2.45) is 0 Å². The molecule has 0 bridgehead atoms. The highest BCUT2D eigenvalue weighted by Gasteiger charge is 2.54. The number of nitrogens with two attached hydrogens (primary N) is 1. The highest BCUT2D eigenvalue weighted by molar-refractivity contribution is 9.10. The minimum atomic E-state index is -2.60. The van der Waals surface area contributed by atoms with Crippen LogP contribution in [0.5, 0.6) is 0 Å². The van der Waals surface area contributed by atoms with E-state index < -0.39 is 34.2 Å². The Hall–Kier alpha value is -15.5. The van der Waals surface area contributed by atoms with E-state index in [0.29, 0.717) is 142 Å². The Morgan fingerprint density at radius 2 is 0.587 bits per heavy atom. The Morgan fingerprint density at radius 3 is 0.913 bits per heavy atom.